The normalized spacial score (nSPS) is 11.0. The number of nitrogens with two attached hydrogens (primary N) is 1. The molecule has 3 aromatic carbocycles. The predicted octanol–water partition coefficient (Wildman–Crippen LogP) is 4.79. The van der Waals surface area contributed by atoms with Crippen LogP contribution in [0.4, 0.5) is 15.8 Å². The van der Waals surface area contributed by atoms with Gasteiger partial charge in [0, 0.05) is 13.1 Å². The average molecular weight is 463 g/mol. The van der Waals surface area contributed by atoms with Crippen LogP contribution in [0.5, 0.6) is 0 Å². The summed E-state index contributed by atoms with van der Waals surface area (Å²) in [5, 5.41) is 24.6. The van der Waals surface area contributed by atoms with E-state index < -0.39 is 5.97 Å². The highest BCUT2D eigenvalue weighted by Gasteiger charge is 2.08. The van der Waals surface area contributed by atoms with E-state index in [1.165, 1.54) is 12.1 Å². The Labute approximate surface area is 200 Å². The minimum absolute atomic E-state index is 0.0514. The summed E-state index contributed by atoms with van der Waals surface area (Å²) in [7, 11) is 0. The first-order chi connectivity index (χ1) is 16.4. The minimum Gasteiger partial charge on any atom is -0.481 e. The maximum atomic E-state index is 11.9. The van der Waals surface area contributed by atoms with Gasteiger partial charge in [0.1, 0.15) is 11.9 Å². The molecule has 0 aliphatic rings. The summed E-state index contributed by atoms with van der Waals surface area (Å²) < 4.78 is 11.9. The molecular weight excluding hydrogens is 431 g/mol. The highest BCUT2D eigenvalue weighted by Crippen LogP contribution is 2.21. The number of hydrogen-bond donors (Lipinski definition) is 4. The van der Waals surface area contributed by atoms with Crippen LogP contribution in [0, 0.1) is 17.1 Å². The average Bonchev–Trinajstić information content (AvgIpc) is 2.82. The number of para-hydroxylation sites is 1. The molecule has 7 heteroatoms. The van der Waals surface area contributed by atoms with Crippen molar-refractivity contribution >= 4 is 17.3 Å². The number of aliphatic carboxylic acids is 1. The second-order valence-corrected chi connectivity index (χ2v) is 7.88. The summed E-state index contributed by atoms with van der Waals surface area (Å²) in [6, 6.07) is 23.2. The van der Waals surface area contributed by atoms with Gasteiger partial charge in [0.25, 0.3) is 0 Å². The Morgan fingerprint density at radius 2 is 1.82 bits per heavy atom. The zero-order valence-electron chi connectivity index (χ0n) is 19.3. The van der Waals surface area contributed by atoms with Crippen LogP contribution in [0.1, 0.15) is 36.0 Å². The molecule has 0 spiro atoms. The van der Waals surface area contributed by atoms with Crippen molar-refractivity contribution in [3.05, 3.63) is 95.3 Å². The number of nitrogens with zero attached hydrogens (tertiary/aromatic N) is 1. The van der Waals surface area contributed by atoms with Gasteiger partial charge in [-0.05, 0) is 54.3 Å². The summed E-state index contributed by atoms with van der Waals surface area (Å²) in [5.41, 5.74) is 9.67. The van der Waals surface area contributed by atoms with E-state index in [1.807, 2.05) is 36.4 Å². The summed E-state index contributed by atoms with van der Waals surface area (Å²) in [5.74, 6) is -0.691. The van der Waals surface area contributed by atoms with Crippen molar-refractivity contribution in [2.75, 3.05) is 30.7 Å². The van der Waals surface area contributed by atoms with E-state index >= 15 is 0 Å². The predicted molar refractivity (Wildman–Crippen MR) is 134 cm³/mol. The highest BCUT2D eigenvalue weighted by atomic mass is 19.1. The van der Waals surface area contributed by atoms with Gasteiger partial charge in [-0.15, -0.1) is 0 Å². The number of carboxylic acids is 1. The molecule has 0 saturated heterocycles. The van der Waals surface area contributed by atoms with Gasteiger partial charge in [0.05, 0.1) is 23.4 Å². The number of nitrogens with one attached hydrogen (secondary N) is 2. The standard InChI is InChI=1S/C21H26N4O2.C6H5F/c1-15(17-6-2-5-16(11-17)12-20(26)27)14-24-9-4-10-25-19-8-3-7-18(13-22)21(19)23;7-6-4-2-1-3-5-6/h2-3,5-8,11,15,24-25H,4,9-10,12,14,23H2,1H3,(H,26,27);1-5H. The highest BCUT2D eigenvalue weighted by molar-refractivity contribution is 5.72. The fourth-order valence-corrected chi connectivity index (χ4v) is 3.29. The van der Waals surface area contributed by atoms with Crippen molar-refractivity contribution in [1.82, 2.24) is 5.32 Å². The third-order valence-electron chi connectivity index (χ3n) is 5.13. The van der Waals surface area contributed by atoms with Gasteiger partial charge in [0.15, 0.2) is 0 Å². The van der Waals surface area contributed by atoms with Crippen LogP contribution < -0.4 is 16.4 Å². The molecule has 1 unspecified atom stereocenters. The minimum atomic E-state index is -0.814. The molecule has 0 aliphatic carbocycles. The topological polar surface area (TPSA) is 111 Å². The number of nitrogen functional groups attached to an aromatic ring is 1. The monoisotopic (exact) mass is 462 g/mol. The number of nitriles is 1. The first-order valence-corrected chi connectivity index (χ1v) is 11.1. The molecule has 0 bridgehead atoms. The second kappa shape index (κ2) is 14.3. The maximum Gasteiger partial charge on any atom is 0.307 e. The Morgan fingerprint density at radius 1 is 1.09 bits per heavy atom. The number of halogens is 1. The van der Waals surface area contributed by atoms with Crippen LogP contribution in [0.25, 0.3) is 0 Å². The van der Waals surface area contributed by atoms with Gasteiger partial charge in [-0.2, -0.15) is 5.26 Å². The molecule has 3 aromatic rings. The molecule has 178 valence electrons. The van der Waals surface area contributed by atoms with E-state index in [0.29, 0.717) is 17.2 Å². The molecule has 0 aliphatic heterocycles. The van der Waals surface area contributed by atoms with Gasteiger partial charge in [-0.1, -0.05) is 55.5 Å². The van der Waals surface area contributed by atoms with Crippen LogP contribution in [0.2, 0.25) is 0 Å². The quantitative estimate of drug-likeness (QED) is 0.255. The molecule has 0 amide bonds. The van der Waals surface area contributed by atoms with Crippen LogP contribution in [0.3, 0.4) is 0 Å². The number of rotatable bonds is 10. The van der Waals surface area contributed by atoms with E-state index in [0.717, 1.165) is 42.9 Å². The molecule has 0 aromatic heterocycles. The van der Waals surface area contributed by atoms with Crippen LogP contribution in [-0.2, 0) is 11.2 Å². The van der Waals surface area contributed by atoms with E-state index in [9.17, 15) is 9.18 Å². The van der Waals surface area contributed by atoms with Gasteiger partial charge in [0.2, 0.25) is 0 Å². The second-order valence-electron chi connectivity index (χ2n) is 7.88. The summed E-state index contributed by atoms with van der Waals surface area (Å²) in [6.07, 6.45) is 0.970. The molecule has 1 atom stereocenters. The fraction of sp³-hybridized carbons (Fsp3) is 0.259. The Kier molecular flexibility index (Phi) is 11.1. The van der Waals surface area contributed by atoms with Gasteiger partial charge >= 0.3 is 5.97 Å². The molecular formula is C27H31FN4O2. The third kappa shape index (κ3) is 9.31. The van der Waals surface area contributed by atoms with Crippen molar-refractivity contribution in [3.8, 4) is 6.07 Å². The van der Waals surface area contributed by atoms with Gasteiger partial charge < -0.3 is 21.5 Å². The van der Waals surface area contributed by atoms with E-state index in [4.69, 9.17) is 16.1 Å². The zero-order valence-corrected chi connectivity index (χ0v) is 19.3. The molecule has 5 N–H and O–H groups in total. The van der Waals surface area contributed by atoms with Crippen molar-refractivity contribution in [3.63, 3.8) is 0 Å². The first kappa shape index (κ1) is 26.4. The summed E-state index contributed by atoms with van der Waals surface area (Å²) >= 11 is 0. The molecule has 0 saturated carbocycles. The van der Waals surface area contributed by atoms with Crippen molar-refractivity contribution in [2.24, 2.45) is 0 Å². The van der Waals surface area contributed by atoms with Crippen LogP contribution in [0.15, 0.2) is 72.8 Å². The lowest BCUT2D eigenvalue weighted by Gasteiger charge is -2.15. The number of anilines is 2. The SMILES string of the molecule is CC(CNCCCNc1cccc(C#N)c1N)c1cccc(CC(=O)O)c1.Fc1ccccc1. The van der Waals surface area contributed by atoms with Crippen LogP contribution >= 0.6 is 0 Å². The molecule has 3 rings (SSSR count). The van der Waals surface area contributed by atoms with E-state index in [1.54, 1.807) is 24.3 Å². The molecule has 0 radical (unpaired) electrons. The Bertz CT molecular complexity index is 1080. The molecule has 6 nitrogen and oxygen atoms in total. The number of benzene rings is 3. The summed E-state index contributed by atoms with van der Waals surface area (Å²) in [6.45, 7) is 4.56. The number of carbonyl (C=O) groups is 1. The number of hydrogen-bond acceptors (Lipinski definition) is 5. The van der Waals surface area contributed by atoms with E-state index in [-0.39, 0.29) is 12.2 Å². The number of carboxylic acid groups (broad SMARTS) is 1. The first-order valence-electron chi connectivity index (χ1n) is 11.1. The van der Waals surface area contributed by atoms with Crippen molar-refractivity contribution in [1.29, 1.82) is 5.26 Å². The Hall–Kier alpha value is -3.89. The fourth-order valence-electron chi connectivity index (χ4n) is 3.29. The van der Waals surface area contributed by atoms with Crippen molar-refractivity contribution < 1.29 is 14.3 Å². The molecule has 0 heterocycles. The van der Waals surface area contributed by atoms with Gasteiger partial charge in [-0.3, -0.25) is 4.79 Å². The van der Waals surface area contributed by atoms with Crippen LogP contribution in [-0.4, -0.2) is 30.7 Å². The van der Waals surface area contributed by atoms with Crippen molar-refractivity contribution in [2.45, 2.75) is 25.7 Å². The third-order valence-corrected chi connectivity index (χ3v) is 5.13. The lowest BCUT2D eigenvalue weighted by atomic mass is 9.98. The van der Waals surface area contributed by atoms with E-state index in [2.05, 4.69) is 23.6 Å². The molecule has 0 fully saturated rings. The lowest BCUT2D eigenvalue weighted by Crippen LogP contribution is -2.23. The lowest BCUT2D eigenvalue weighted by molar-refractivity contribution is -0.136. The zero-order chi connectivity index (χ0) is 24.8. The Balaban J connectivity index is 0.000000497. The summed E-state index contributed by atoms with van der Waals surface area (Å²) in [4.78, 5) is 10.8. The smallest absolute Gasteiger partial charge is 0.307 e. The largest absolute Gasteiger partial charge is 0.481 e. The maximum absolute atomic E-state index is 11.9. The van der Waals surface area contributed by atoms with Gasteiger partial charge in [-0.25, -0.2) is 4.39 Å². The Morgan fingerprint density at radius 3 is 2.47 bits per heavy atom. The molecule has 34 heavy (non-hydrogen) atoms.